The Morgan fingerprint density at radius 1 is 1.23 bits per heavy atom. The molecule has 0 amide bonds. The first kappa shape index (κ1) is 17.3. The smallest absolute Gasteiger partial charge is 0.378 e. The minimum absolute atomic E-state index is 0.378. The molecule has 22 heavy (non-hydrogen) atoms. The molecule has 0 spiro atoms. The Morgan fingerprint density at radius 2 is 1.86 bits per heavy atom. The minimum atomic E-state index is -3.34. The number of nitrogens with one attached hydrogen (secondary N) is 1. The van der Waals surface area contributed by atoms with E-state index in [1.165, 1.54) is 19.8 Å². The van der Waals surface area contributed by atoms with Crippen molar-refractivity contribution in [1.29, 1.82) is 0 Å². The summed E-state index contributed by atoms with van der Waals surface area (Å²) in [6, 6.07) is 6.17. The molecule has 1 aromatic carbocycles. The fraction of sp³-hybridized carbons (Fsp3) is 0.600. The number of morpholine rings is 1. The van der Waals surface area contributed by atoms with Gasteiger partial charge in [0, 0.05) is 27.3 Å². The number of anilines is 2. The van der Waals surface area contributed by atoms with Crippen LogP contribution in [-0.4, -0.2) is 40.5 Å². The molecule has 1 aromatic rings. The van der Waals surface area contributed by atoms with Crippen LogP contribution in [0.4, 0.5) is 11.4 Å². The van der Waals surface area contributed by atoms with E-state index in [2.05, 4.69) is 36.0 Å². The summed E-state index contributed by atoms with van der Waals surface area (Å²) in [5, 5.41) is 2.94. The SMILES string of the molecule is COP(=O)(Nc1cc(C(C)C)ccc1N1CCOCC1)OC. The monoisotopic (exact) mass is 328 g/mol. The summed E-state index contributed by atoms with van der Waals surface area (Å²) in [5.74, 6) is 0.378. The molecule has 124 valence electrons. The van der Waals surface area contributed by atoms with Crippen molar-refractivity contribution in [1.82, 2.24) is 0 Å². The molecule has 1 aliphatic rings. The van der Waals surface area contributed by atoms with Gasteiger partial charge >= 0.3 is 7.75 Å². The van der Waals surface area contributed by atoms with Gasteiger partial charge in [0.25, 0.3) is 0 Å². The maximum atomic E-state index is 12.4. The van der Waals surface area contributed by atoms with E-state index in [4.69, 9.17) is 13.8 Å². The molecule has 0 aliphatic carbocycles. The zero-order valence-electron chi connectivity index (χ0n) is 13.7. The summed E-state index contributed by atoms with van der Waals surface area (Å²) in [4.78, 5) is 2.21. The highest BCUT2D eigenvalue weighted by Gasteiger charge is 2.25. The van der Waals surface area contributed by atoms with Crippen LogP contribution in [0.5, 0.6) is 0 Å². The van der Waals surface area contributed by atoms with Gasteiger partial charge in [-0.15, -0.1) is 0 Å². The van der Waals surface area contributed by atoms with Crippen LogP contribution in [0.15, 0.2) is 18.2 Å². The number of benzene rings is 1. The van der Waals surface area contributed by atoms with Crippen molar-refractivity contribution in [3.05, 3.63) is 23.8 Å². The van der Waals surface area contributed by atoms with Crippen LogP contribution in [0.1, 0.15) is 25.3 Å². The lowest BCUT2D eigenvalue weighted by atomic mass is 10.0. The third kappa shape index (κ3) is 4.02. The summed E-state index contributed by atoms with van der Waals surface area (Å²) < 4.78 is 27.9. The number of nitrogens with zero attached hydrogens (tertiary/aromatic N) is 1. The second-order valence-corrected chi connectivity index (χ2v) is 7.45. The Morgan fingerprint density at radius 3 is 2.41 bits per heavy atom. The van der Waals surface area contributed by atoms with Crippen molar-refractivity contribution in [3.8, 4) is 0 Å². The van der Waals surface area contributed by atoms with E-state index in [9.17, 15) is 4.57 Å². The van der Waals surface area contributed by atoms with Gasteiger partial charge in [-0.1, -0.05) is 19.9 Å². The molecule has 2 rings (SSSR count). The van der Waals surface area contributed by atoms with E-state index in [-0.39, 0.29) is 0 Å². The Kier molecular flexibility index (Phi) is 5.87. The lowest BCUT2D eigenvalue weighted by Crippen LogP contribution is -2.36. The first-order valence-electron chi connectivity index (χ1n) is 7.45. The maximum absolute atomic E-state index is 12.4. The number of rotatable bonds is 6. The van der Waals surface area contributed by atoms with E-state index in [1.54, 1.807) is 0 Å². The van der Waals surface area contributed by atoms with Crippen molar-refractivity contribution in [2.45, 2.75) is 19.8 Å². The highest BCUT2D eigenvalue weighted by atomic mass is 31.2. The van der Waals surface area contributed by atoms with E-state index in [0.717, 1.165) is 24.5 Å². The normalized spacial score (nSPS) is 16.1. The van der Waals surface area contributed by atoms with Crippen LogP contribution in [0.2, 0.25) is 0 Å². The van der Waals surface area contributed by atoms with E-state index in [0.29, 0.717) is 19.1 Å². The van der Waals surface area contributed by atoms with Gasteiger partial charge in [0.15, 0.2) is 0 Å². The van der Waals surface area contributed by atoms with E-state index in [1.807, 2.05) is 6.07 Å². The van der Waals surface area contributed by atoms with Crippen LogP contribution < -0.4 is 9.99 Å². The van der Waals surface area contributed by atoms with Gasteiger partial charge in [-0.3, -0.25) is 14.1 Å². The summed E-state index contributed by atoms with van der Waals surface area (Å²) >= 11 is 0. The third-order valence-corrected chi connectivity index (χ3v) is 5.25. The predicted octanol–water partition coefficient (Wildman–Crippen LogP) is 3.46. The van der Waals surface area contributed by atoms with Crippen molar-refractivity contribution < 1.29 is 18.3 Å². The maximum Gasteiger partial charge on any atom is 0.432 e. The van der Waals surface area contributed by atoms with Gasteiger partial charge in [-0.2, -0.15) is 0 Å². The lowest BCUT2D eigenvalue weighted by molar-refractivity contribution is 0.123. The zero-order valence-corrected chi connectivity index (χ0v) is 14.6. The predicted molar refractivity (Wildman–Crippen MR) is 88.8 cm³/mol. The molecule has 1 saturated heterocycles. The van der Waals surface area contributed by atoms with Gasteiger partial charge in [0.2, 0.25) is 0 Å². The fourth-order valence-corrected chi connectivity index (χ4v) is 3.20. The summed E-state index contributed by atoms with van der Waals surface area (Å²) in [5.41, 5.74) is 2.92. The number of hydrogen-bond donors (Lipinski definition) is 1. The number of hydrogen-bond acceptors (Lipinski definition) is 5. The molecule has 0 saturated carbocycles. The second kappa shape index (κ2) is 7.47. The molecule has 1 heterocycles. The van der Waals surface area contributed by atoms with Crippen molar-refractivity contribution >= 4 is 19.1 Å². The first-order valence-corrected chi connectivity index (χ1v) is 9.00. The Labute approximate surface area is 132 Å². The summed E-state index contributed by atoms with van der Waals surface area (Å²) in [6.07, 6.45) is 0. The first-order chi connectivity index (χ1) is 10.5. The molecule has 6 nitrogen and oxygen atoms in total. The molecule has 0 aromatic heterocycles. The molecule has 1 aliphatic heterocycles. The average Bonchev–Trinajstić information content (AvgIpc) is 2.55. The van der Waals surface area contributed by atoms with Gasteiger partial charge in [-0.05, 0) is 23.6 Å². The lowest BCUT2D eigenvalue weighted by Gasteiger charge is -2.31. The standard InChI is InChI=1S/C15H25N2O4P/c1-12(2)13-5-6-15(17-7-9-21-10-8-17)14(11-13)16-22(18,19-3)20-4/h5-6,11-12H,7-10H2,1-4H3,(H,16,18). The summed E-state index contributed by atoms with van der Waals surface area (Å²) in [7, 11) is -0.593. The summed E-state index contributed by atoms with van der Waals surface area (Å²) in [6.45, 7) is 7.24. The van der Waals surface area contributed by atoms with Crippen LogP contribution in [0, 0.1) is 0 Å². The Bertz CT molecular complexity index is 536. The molecule has 0 atom stereocenters. The Hall–Kier alpha value is -1.07. The molecular weight excluding hydrogens is 303 g/mol. The van der Waals surface area contributed by atoms with Gasteiger partial charge in [-0.25, -0.2) is 4.57 Å². The van der Waals surface area contributed by atoms with E-state index < -0.39 is 7.75 Å². The molecule has 1 N–H and O–H groups in total. The third-order valence-electron chi connectivity index (χ3n) is 3.78. The highest BCUT2D eigenvalue weighted by Crippen LogP contribution is 2.48. The zero-order chi connectivity index (χ0) is 16.2. The highest BCUT2D eigenvalue weighted by molar-refractivity contribution is 7.55. The van der Waals surface area contributed by atoms with Gasteiger partial charge in [0.05, 0.1) is 24.6 Å². The molecule has 0 unspecified atom stereocenters. The van der Waals surface area contributed by atoms with Crippen molar-refractivity contribution in [2.75, 3.05) is 50.5 Å². The topological polar surface area (TPSA) is 60.0 Å². The van der Waals surface area contributed by atoms with Crippen LogP contribution in [0.25, 0.3) is 0 Å². The quantitative estimate of drug-likeness (QED) is 0.807. The Balaban J connectivity index is 2.37. The van der Waals surface area contributed by atoms with Crippen LogP contribution in [0.3, 0.4) is 0 Å². The van der Waals surface area contributed by atoms with E-state index >= 15 is 0 Å². The van der Waals surface area contributed by atoms with Gasteiger partial charge in [0.1, 0.15) is 0 Å². The molecule has 0 radical (unpaired) electrons. The minimum Gasteiger partial charge on any atom is -0.378 e. The molecule has 1 fully saturated rings. The van der Waals surface area contributed by atoms with Crippen LogP contribution >= 0.6 is 7.75 Å². The van der Waals surface area contributed by atoms with Crippen LogP contribution in [-0.2, 0) is 18.3 Å². The largest absolute Gasteiger partial charge is 0.432 e. The van der Waals surface area contributed by atoms with Crippen molar-refractivity contribution in [2.24, 2.45) is 0 Å². The second-order valence-electron chi connectivity index (χ2n) is 5.51. The fourth-order valence-electron chi connectivity index (χ4n) is 2.40. The average molecular weight is 328 g/mol. The molecular formula is C15H25N2O4P. The molecule has 7 heteroatoms. The number of ether oxygens (including phenoxy) is 1. The molecule has 0 bridgehead atoms. The van der Waals surface area contributed by atoms with Crippen molar-refractivity contribution in [3.63, 3.8) is 0 Å². The van der Waals surface area contributed by atoms with Gasteiger partial charge < -0.3 is 9.64 Å².